The molecule has 0 bridgehead atoms. The zero-order valence-electron chi connectivity index (χ0n) is 14.9. The third-order valence-electron chi connectivity index (χ3n) is 4.47. The molecule has 2 aromatic carbocycles. The zero-order valence-corrected chi connectivity index (χ0v) is 15.7. The molecule has 11 heteroatoms. The van der Waals surface area contributed by atoms with Gasteiger partial charge in [0.2, 0.25) is 0 Å². The van der Waals surface area contributed by atoms with Crippen LogP contribution in [0.1, 0.15) is 0 Å². The van der Waals surface area contributed by atoms with E-state index in [1.807, 2.05) is 11.9 Å². The number of halogens is 2. The standard InChI is InChI=1S/C17H18F2N4O4S/c1-21-6-8-22(9-7-21)13-3-4-16(23(24)25)15(11-13)20-28(26,27)17-5-2-12(18)10-14(17)19/h2-5,10-11,20H,6-9H2,1H3. The summed E-state index contributed by atoms with van der Waals surface area (Å²) in [5, 5.41) is 11.3. The lowest BCUT2D eigenvalue weighted by atomic mass is 10.2. The fraction of sp³-hybridized carbons (Fsp3) is 0.294. The van der Waals surface area contributed by atoms with Crippen LogP contribution in [0.5, 0.6) is 0 Å². The normalized spacial score (nSPS) is 15.5. The van der Waals surface area contributed by atoms with Gasteiger partial charge in [-0.25, -0.2) is 17.2 Å². The highest BCUT2D eigenvalue weighted by molar-refractivity contribution is 7.92. The predicted molar refractivity (Wildman–Crippen MR) is 100.0 cm³/mol. The maximum atomic E-state index is 13.9. The molecule has 1 aliphatic rings. The summed E-state index contributed by atoms with van der Waals surface area (Å²) in [6, 6.07) is 6.09. The molecule has 1 aliphatic heterocycles. The highest BCUT2D eigenvalue weighted by Crippen LogP contribution is 2.32. The first kappa shape index (κ1) is 20.0. The van der Waals surface area contributed by atoms with E-state index in [-0.39, 0.29) is 5.69 Å². The van der Waals surface area contributed by atoms with Gasteiger partial charge in [0.1, 0.15) is 22.2 Å². The molecule has 8 nitrogen and oxygen atoms in total. The summed E-state index contributed by atoms with van der Waals surface area (Å²) in [7, 11) is -2.52. The Morgan fingerprint density at radius 3 is 2.36 bits per heavy atom. The number of nitro groups is 1. The molecule has 150 valence electrons. The second kappa shape index (κ2) is 7.68. The van der Waals surface area contributed by atoms with Crippen LogP contribution in [-0.2, 0) is 10.0 Å². The van der Waals surface area contributed by atoms with Crippen molar-refractivity contribution in [3.63, 3.8) is 0 Å². The van der Waals surface area contributed by atoms with Crippen LogP contribution in [0.4, 0.5) is 25.8 Å². The van der Waals surface area contributed by atoms with Crippen molar-refractivity contribution in [3.05, 3.63) is 58.1 Å². The van der Waals surface area contributed by atoms with Crippen LogP contribution in [0.25, 0.3) is 0 Å². The lowest BCUT2D eigenvalue weighted by molar-refractivity contribution is -0.383. The third kappa shape index (κ3) is 4.20. The maximum Gasteiger partial charge on any atom is 0.293 e. The smallest absolute Gasteiger partial charge is 0.293 e. The Balaban J connectivity index is 1.97. The number of hydrogen-bond acceptors (Lipinski definition) is 6. The Labute approximate surface area is 160 Å². The van der Waals surface area contributed by atoms with Crippen molar-refractivity contribution in [3.8, 4) is 0 Å². The number of hydrogen-bond donors (Lipinski definition) is 1. The van der Waals surface area contributed by atoms with E-state index in [2.05, 4.69) is 9.62 Å². The van der Waals surface area contributed by atoms with Gasteiger partial charge in [0.15, 0.2) is 0 Å². The summed E-state index contributed by atoms with van der Waals surface area (Å²) in [6.45, 7) is 2.93. The quantitative estimate of drug-likeness (QED) is 0.599. The third-order valence-corrected chi connectivity index (χ3v) is 5.87. The molecule has 0 unspecified atom stereocenters. The molecule has 0 aliphatic carbocycles. The molecular weight excluding hydrogens is 394 g/mol. The lowest BCUT2D eigenvalue weighted by Crippen LogP contribution is -2.44. The number of nitrogens with zero attached hydrogens (tertiary/aromatic N) is 3. The number of likely N-dealkylation sites (N-methyl/N-ethyl adjacent to an activating group) is 1. The highest BCUT2D eigenvalue weighted by atomic mass is 32.2. The van der Waals surface area contributed by atoms with E-state index >= 15 is 0 Å². The van der Waals surface area contributed by atoms with Crippen molar-refractivity contribution in [2.75, 3.05) is 42.8 Å². The molecule has 1 saturated heterocycles. The lowest BCUT2D eigenvalue weighted by Gasteiger charge is -2.34. The summed E-state index contributed by atoms with van der Waals surface area (Å²) in [6.07, 6.45) is 0. The largest absolute Gasteiger partial charge is 0.369 e. The summed E-state index contributed by atoms with van der Waals surface area (Å²) >= 11 is 0. The summed E-state index contributed by atoms with van der Waals surface area (Å²) in [5.41, 5.74) is -0.148. The van der Waals surface area contributed by atoms with Gasteiger partial charge in [-0.2, -0.15) is 0 Å². The maximum absolute atomic E-state index is 13.9. The number of sulfonamides is 1. The van der Waals surface area contributed by atoms with E-state index in [4.69, 9.17) is 0 Å². The highest BCUT2D eigenvalue weighted by Gasteiger charge is 2.25. The van der Waals surface area contributed by atoms with Crippen LogP contribution < -0.4 is 9.62 Å². The van der Waals surface area contributed by atoms with Crippen molar-refractivity contribution in [1.82, 2.24) is 4.90 Å². The zero-order chi connectivity index (χ0) is 20.5. The topological polar surface area (TPSA) is 95.8 Å². The first-order chi connectivity index (χ1) is 13.2. The average Bonchev–Trinajstić information content (AvgIpc) is 2.61. The van der Waals surface area contributed by atoms with Gasteiger partial charge in [-0.15, -0.1) is 0 Å². The van der Waals surface area contributed by atoms with Crippen molar-refractivity contribution in [1.29, 1.82) is 0 Å². The molecule has 0 atom stereocenters. The Kier molecular flexibility index (Phi) is 5.47. The van der Waals surface area contributed by atoms with Crippen molar-refractivity contribution in [2.45, 2.75) is 4.90 Å². The fourth-order valence-electron chi connectivity index (χ4n) is 2.92. The second-order valence-corrected chi connectivity index (χ2v) is 8.08. The monoisotopic (exact) mass is 412 g/mol. The van der Waals surface area contributed by atoms with Gasteiger partial charge in [-0.05, 0) is 31.3 Å². The van der Waals surface area contributed by atoms with Crippen molar-refractivity contribution in [2.24, 2.45) is 0 Å². The van der Waals surface area contributed by atoms with E-state index in [0.717, 1.165) is 25.2 Å². The molecule has 2 aromatic rings. The summed E-state index contributed by atoms with van der Waals surface area (Å²) < 4.78 is 54.1. The van der Waals surface area contributed by atoms with Crippen LogP contribution in [0.15, 0.2) is 41.3 Å². The van der Waals surface area contributed by atoms with Gasteiger partial charge < -0.3 is 9.80 Å². The van der Waals surface area contributed by atoms with Gasteiger partial charge in [0, 0.05) is 44.0 Å². The van der Waals surface area contributed by atoms with Gasteiger partial charge in [0.25, 0.3) is 15.7 Å². The van der Waals surface area contributed by atoms with Crippen molar-refractivity contribution < 1.29 is 22.1 Å². The Bertz CT molecular complexity index is 1010. The number of rotatable bonds is 5. The van der Waals surface area contributed by atoms with Gasteiger partial charge >= 0.3 is 0 Å². The van der Waals surface area contributed by atoms with E-state index in [1.54, 1.807) is 6.07 Å². The molecule has 0 aromatic heterocycles. The van der Waals surface area contributed by atoms with Crippen LogP contribution >= 0.6 is 0 Å². The molecule has 0 saturated carbocycles. The predicted octanol–water partition coefficient (Wildman–Crippen LogP) is 2.43. The molecule has 0 amide bonds. The van der Waals surface area contributed by atoms with Gasteiger partial charge in [-0.3, -0.25) is 14.8 Å². The van der Waals surface area contributed by atoms with E-state index in [0.29, 0.717) is 24.8 Å². The SMILES string of the molecule is CN1CCN(c2ccc([N+](=O)[O-])c(NS(=O)(=O)c3ccc(F)cc3F)c2)CC1. The van der Waals surface area contributed by atoms with E-state index in [9.17, 15) is 27.3 Å². The van der Waals surface area contributed by atoms with Gasteiger partial charge in [-0.1, -0.05) is 0 Å². The first-order valence-corrected chi connectivity index (χ1v) is 9.85. The Morgan fingerprint density at radius 2 is 1.75 bits per heavy atom. The number of anilines is 2. The molecule has 0 radical (unpaired) electrons. The molecule has 1 heterocycles. The van der Waals surface area contributed by atoms with Crippen LogP contribution in [-0.4, -0.2) is 51.5 Å². The van der Waals surface area contributed by atoms with Gasteiger partial charge in [0.05, 0.1) is 4.92 Å². The number of benzene rings is 2. The van der Waals surface area contributed by atoms with Crippen molar-refractivity contribution >= 4 is 27.1 Å². The second-order valence-electron chi connectivity index (χ2n) is 6.43. The Hall–Kier alpha value is -2.79. The summed E-state index contributed by atoms with van der Waals surface area (Å²) in [4.78, 5) is 13.9. The minimum Gasteiger partial charge on any atom is -0.369 e. The molecule has 28 heavy (non-hydrogen) atoms. The minimum absolute atomic E-state index is 0.287. The van der Waals surface area contributed by atoms with Crippen LogP contribution in [0.3, 0.4) is 0 Å². The first-order valence-electron chi connectivity index (χ1n) is 8.37. The fourth-order valence-corrected chi connectivity index (χ4v) is 4.05. The molecule has 1 N–H and O–H groups in total. The molecule has 0 spiro atoms. The van der Waals surface area contributed by atoms with Crippen LogP contribution in [0.2, 0.25) is 0 Å². The number of piperazine rings is 1. The number of nitro benzene ring substituents is 1. The average molecular weight is 412 g/mol. The number of nitrogens with one attached hydrogen (secondary N) is 1. The van der Waals surface area contributed by atoms with E-state index < -0.39 is 37.2 Å². The minimum atomic E-state index is -4.50. The molecular formula is C17H18F2N4O4S. The summed E-state index contributed by atoms with van der Waals surface area (Å²) in [5.74, 6) is -2.22. The Morgan fingerprint density at radius 1 is 1.07 bits per heavy atom. The molecule has 3 rings (SSSR count). The molecule has 1 fully saturated rings. The van der Waals surface area contributed by atoms with E-state index in [1.165, 1.54) is 12.1 Å². The van der Waals surface area contributed by atoms with Crippen LogP contribution in [0, 0.1) is 21.7 Å².